The summed E-state index contributed by atoms with van der Waals surface area (Å²) >= 11 is 0. The van der Waals surface area contributed by atoms with Crippen molar-refractivity contribution in [2.45, 2.75) is 19.5 Å². The zero-order valence-corrected chi connectivity index (χ0v) is 16.2. The van der Waals surface area contributed by atoms with E-state index >= 15 is 0 Å². The van der Waals surface area contributed by atoms with E-state index in [-0.39, 0.29) is 11.8 Å². The third-order valence-electron chi connectivity index (χ3n) is 5.05. The number of benzene rings is 3. The van der Waals surface area contributed by atoms with Gasteiger partial charge >= 0.3 is 0 Å². The van der Waals surface area contributed by atoms with Crippen LogP contribution in [0.4, 0.5) is 5.69 Å². The summed E-state index contributed by atoms with van der Waals surface area (Å²) in [6.45, 7) is 1.91. The van der Waals surface area contributed by atoms with Crippen LogP contribution in [-0.2, 0) is 16.1 Å². The molecule has 0 spiro atoms. The van der Waals surface area contributed by atoms with Crippen LogP contribution < -0.4 is 10.2 Å². The highest BCUT2D eigenvalue weighted by atomic mass is 16.2. The fourth-order valence-corrected chi connectivity index (χ4v) is 3.73. The summed E-state index contributed by atoms with van der Waals surface area (Å²) in [6, 6.07) is 26.6. The Hall–Kier alpha value is -3.66. The molecule has 3 aromatic carbocycles. The molecular formula is C25H22N2O2. The zero-order chi connectivity index (χ0) is 20.2. The van der Waals surface area contributed by atoms with Gasteiger partial charge in [0, 0.05) is 19.0 Å². The second kappa shape index (κ2) is 8.15. The van der Waals surface area contributed by atoms with Crippen LogP contribution >= 0.6 is 0 Å². The van der Waals surface area contributed by atoms with E-state index in [1.807, 2.05) is 91.0 Å². The highest BCUT2D eigenvalue weighted by Crippen LogP contribution is 2.41. The number of nitrogens with zero attached hydrogens (tertiary/aromatic N) is 1. The average molecular weight is 382 g/mol. The molecule has 0 saturated carbocycles. The number of hydrogen-bond acceptors (Lipinski definition) is 2. The van der Waals surface area contributed by atoms with Crippen molar-refractivity contribution in [2.24, 2.45) is 0 Å². The lowest BCUT2D eigenvalue weighted by molar-refractivity contribution is -0.124. The van der Waals surface area contributed by atoms with E-state index in [1.54, 1.807) is 4.90 Å². The van der Waals surface area contributed by atoms with Crippen molar-refractivity contribution in [1.82, 2.24) is 5.32 Å². The fourth-order valence-electron chi connectivity index (χ4n) is 3.73. The molecule has 0 saturated heterocycles. The number of nitrogens with one attached hydrogen (secondary N) is 1. The number of carbonyl (C=O) groups is 2. The highest BCUT2D eigenvalue weighted by Gasteiger charge is 2.40. The lowest BCUT2D eigenvalue weighted by atomic mass is 9.98. The van der Waals surface area contributed by atoms with Gasteiger partial charge in [0.25, 0.3) is 0 Å². The van der Waals surface area contributed by atoms with Crippen LogP contribution in [0.3, 0.4) is 0 Å². The highest BCUT2D eigenvalue weighted by molar-refractivity contribution is 6.16. The van der Waals surface area contributed by atoms with Gasteiger partial charge in [-0.25, -0.2) is 0 Å². The Balaban J connectivity index is 1.72. The van der Waals surface area contributed by atoms with Crippen molar-refractivity contribution in [3.05, 3.63) is 102 Å². The fraction of sp³-hybridized carbons (Fsp3) is 0.120. The minimum absolute atomic E-state index is 0.159. The number of rotatable bonds is 4. The summed E-state index contributed by atoms with van der Waals surface area (Å²) < 4.78 is 0. The minimum Gasteiger partial charge on any atom is -0.350 e. The smallest absolute Gasteiger partial charge is 0.248 e. The number of hydrogen-bond donors (Lipinski definition) is 1. The summed E-state index contributed by atoms with van der Waals surface area (Å²) in [5.74, 6) is -0.351. The molecule has 4 heteroatoms. The lowest BCUT2D eigenvalue weighted by Gasteiger charge is -2.24. The zero-order valence-electron chi connectivity index (χ0n) is 16.2. The van der Waals surface area contributed by atoms with Crippen molar-refractivity contribution < 1.29 is 9.59 Å². The molecule has 4 nitrogen and oxygen atoms in total. The molecule has 0 bridgehead atoms. The van der Waals surface area contributed by atoms with Crippen LogP contribution in [0.25, 0.3) is 11.6 Å². The number of carbonyl (C=O) groups excluding carboxylic acids is 2. The monoisotopic (exact) mass is 382 g/mol. The SMILES string of the molecule is CC(=O)N1c2ccccc2/C(=C\c2ccccc2)C1C(=O)NCc1ccccc1. The van der Waals surface area contributed by atoms with Crippen molar-refractivity contribution in [3.63, 3.8) is 0 Å². The average Bonchev–Trinajstić information content (AvgIpc) is 3.08. The van der Waals surface area contributed by atoms with Crippen LogP contribution in [0.15, 0.2) is 84.9 Å². The summed E-state index contributed by atoms with van der Waals surface area (Å²) in [4.78, 5) is 27.4. The van der Waals surface area contributed by atoms with Crippen LogP contribution in [0.2, 0.25) is 0 Å². The first kappa shape index (κ1) is 18.7. The van der Waals surface area contributed by atoms with Crippen molar-refractivity contribution in [2.75, 3.05) is 4.90 Å². The first-order chi connectivity index (χ1) is 14.1. The van der Waals surface area contributed by atoms with Crippen LogP contribution in [-0.4, -0.2) is 17.9 Å². The Labute approximate surface area is 170 Å². The number of para-hydroxylation sites is 1. The van der Waals surface area contributed by atoms with E-state index in [4.69, 9.17) is 0 Å². The van der Waals surface area contributed by atoms with Crippen LogP contribution in [0.1, 0.15) is 23.6 Å². The van der Waals surface area contributed by atoms with E-state index < -0.39 is 6.04 Å². The maximum atomic E-state index is 13.3. The maximum absolute atomic E-state index is 13.3. The second-order valence-electron chi connectivity index (χ2n) is 7.02. The quantitative estimate of drug-likeness (QED) is 0.732. The van der Waals surface area contributed by atoms with Gasteiger partial charge in [-0.15, -0.1) is 0 Å². The predicted molar refractivity (Wildman–Crippen MR) is 116 cm³/mol. The third-order valence-corrected chi connectivity index (χ3v) is 5.05. The Bertz CT molecular complexity index is 1060. The normalized spacial score (nSPS) is 16.5. The van der Waals surface area contributed by atoms with E-state index in [2.05, 4.69) is 5.32 Å². The number of amides is 2. The summed E-state index contributed by atoms with van der Waals surface area (Å²) in [6.07, 6.45) is 1.99. The van der Waals surface area contributed by atoms with Gasteiger partial charge in [0.1, 0.15) is 6.04 Å². The van der Waals surface area contributed by atoms with Crippen molar-refractivity contribution >= 4 is 29.2 Å². The summed E-state index contributed by atoms with van der Waals surface area (Å²) in [5.41, 5.74) is 4.50. The molecule has 2 amide bonds. The Kier molecular flexibility index (Phi) is 5.25. The molecule has 1 heterocycles. The Morgan fingerprint density at radius 2 is 1.52 bits per heavy atom. The van der Waals surface area contributed by atoms with E-state index in [0.29, 0.717) is 6.54 Å². The first-order valence-electron chi connectivity index (χ1n) is 9.62. The molecular weight excluding hydrogens is 360 g/mol. The van der Waals surface area contributed by atoms with E-state index in [9.17, 15) is 9.59 Å². The molecule has 1 N–H and O–H groups in total. The van der Waals surface area contributed by atoms with Crippen molar-refractivity contribution in [3.8, 4) is 0 Å². The molecule has 29 heavy (non-hydrogen) atoms. The molecule has 144 valence electrons. The van der Waals surface area contributed by atoms with Gasteiger partial charge in [0.15, 0.2) is 0 Å². The third kappa shape index (κ3) is 3.83. The Morgan fingerprint density at radius 1 is 0.897 bits per heavy atom. The molecule has 1 aliphatic rings. The van der Waals surface area contributed by atoms with Gasteiger partial charge in [0.05, 0.1) is 5.69 Å². The van der Waals surface area contributed by atoms with Crippen LogP contribution in [0.5, 0.6) is 0 Å². The predicted octanol–water partition coefficient (Wildman–Crippen LogP) is 4.28. The molecule has 4 rings (SSSR count). The summed E-state index contributed by atoms with van der Waals surface area (Å²) in [5, 5.41) is 3.00. The molecule has 1 atom stereocenters. The van der Waals surface area contributed by atoms with Gasteiger partial charge in [-0.05, 0) is 28.8 Å². The summed E-state index contributed by atoms with van der Waals surface area (Å²) in [7, 11) is 0. The Morgan fingerprint density at radius 3 is 2.21 bits per heavy atom. The molecule has 3 aromatic rings. The van der Waals surface area contributed by atoms with Gasteiger partial charge in [0.2, 0.25) is 11.8 Å². The maximum Gasteiger partial charge on any atom is 0.248 e. The molecule has 0 fully saturated rings. The standard InChI is InChI=1S/C25H22N2O2/c1-18(28)27-23-15-9-8-14-21(23)22(16-19-10-4-2-5-11-19)24(27)25(29)26-17-20-12-6-3-7-13-20/h2-16,24H,17H2,1H3,(H,26,29)/b22-16+. The molecule has 1 unspecified atom stereocenters. The topological polar surface area (TPSA) is 49.4 Å². The van der Waals surface area contributed by atoms with Gasteiger partial charge in [-0.1, -0.05) is 78.9 Å². The minimum atomic E-state index is -0.700. The van der Waals surface area contributed by atoms with Gasteiger partial charge in [-0.3, -0.25) is 14.5 Å². The van der Waals surface area contributed by atoms with E-state index in [1.165, 1.54) is 6.92 Å². The second-order valence-corrected chi connectivity index (χ2v) is 7.02. The van der Waals surface area contributed by atoms with Crippen molar-refractivity contribution in [1.29, 1.82) is 0 Å². The largest absolute Gasteiger partial charge is 0.350 e. The lowest BCUT2D eigenvalue weighted by Crippen LogP contribution is -2.46. The molecule has 0 aliphatic carbocycles. The van der Waals surface area contributed by atoms with Crippen LogP contribution in [0, 0.1) is 0 Å². The first-order valence-corrected chi connectivity index (χ1v) is 9.62. The number of fused-ring (bicyclic) bond motifs is 1. The van der Waals surface area contributed by atoms with Gasteiger partial charge in [-0.2, -0.15) is 0 Å². The van der Waals surface area contributed by atoms with E-state index in [0.717, 1.165) is 28.0 Å². The molecule has 0 radical (unpaired) electrons. The number of anilines is 1. The molecule has 0 aromatic heterocycles. The van der Waals surface area contributed by atoms with Gasteiger partial charge < -0.3 is 5.32 Å². The molecule has 1 aliphatic heterocycles.